The van der Waals surface area contributed by atoms with Crippen LogP contribution in [0, 0.1) is 0 Å². The largest absolute Gasteiger partial charge is 0.497 e. The van der Waals surface area contributed by atoms with Crippen molar-refractivity contribution in [2.24, 2.45) is 5.10 Å². The second-order valence-corrected chi connectivity index (χ2v) is 7.84. The van der Waals surface area contributed by atoms with E-state index in [1.54, 1.807) is 26.4 Å². The van der Waals surface area contributed by atoms with E-state index in [1.165, 1.54) is 16.2 Å². The molecule has 0 spiro atoms. The molecule has 1 aromatic heterocycles. The molecule has 4 rings (SSSR count). The topological polar surface area (TPSA) is 84.6 Å². The highest BCUT2D eigenvalue weighted by atomic mass is 16.5. The molecule has 0 aliphatic carbocycles. The summed E-state index contributed by atoms with van der Waals surface area (Å²) in [6.07, 6.45) is 1.98. The molecule has 176 valence electrons. The summed E-state index contributed by atoms with van der Waals surface area (Å²) in [6, 6.07) is 20.3. The van der Waals surface area contributed by atoms with Gasteiger partial charge in [0, 0.05) is 25.6 Å². The van der Waals surface area contributed by atoms with Crippen molar-refractivity contribution >= 4 is 17.5 Å². The Kier molecular flexibility index (Phi) is 7.39. The summed E-state index contributed by atoms with van der Waals surface area (Å²) in [7, 11) is 3.16. The summed E-state index contributed by atoms with van der Waals surface area (Å²) in [6.45, 7) is 0.388. The number of carbonyl (C=O) groups is 2. The Morgan fingerprint density at radius 1 is 1.09 bits per heavy atom. The zero-order valence-electron chi connectivity index (χ0n) is 19.2. The number of nitrogens with zero attached hydrogens (tertiary/aromatic N) is 3. The highest BCUT2D eigenvalue weighted by Gasteiger charge is 2.34. The molecule has 2 aromatic carbocycles. The molecule has 2 heterocycles. The number of hydrogen-bond donors (Lipinski definition) is 0. The van der Waals surface area contributed by atoms with E-state index in [1.807, 2.05) is 54.6 Å². The first kappa shape index (κ1) is 23.3. The third-order valence-corrected chi connectivity index (χ3v) is 5.66. The van der Waals surface area contributed by atoms with Crippen LogP contribution in [0.1, 0.15) is 34.1 Å². The predicted molar refractivity (Wildman–Crippen MR) is 127 cm³/mol. The van der Waals surface area contributed by atoms with Gasteiger partial charge in [0.2, 0.25) is 0 Å². The Balaban J connectivity index is 1.62. The van der Waals surface area contributed by atoms with E-state index >= 15 is 0 Å². The van der Waals surface area contributed by atoms with E-state index < -0.39 is 0 Å². The van der Waals surface area contributed by atoms with Gasteiger partial charge in [-0.1, -0.05) is 42.5 Å². The van der Waals surface area contributed by atoms with E-state index in [0.717, 1.165) is 22.6 Å². The monoisotopic (exact) mass is 461 g/mol. The van der Waals surface area contributed by atoms with Crippen LogP contribution < -0.4 is 4.74 Å². The molecule has 1 atom stereocenters. The lowest BCUT2D eigenvalue weighted by Gasteiger charge is -2.26. The van der Waals surface area contributed by atoms with Crippen molar-refractivity contribution in [2.75, 3.05) is 33.9 Å². The minimum Gasteiger partial charge on any atom is -0.497 e. The SMILES string of the molecule is COCCN(CC(=O)N1N=C(c2cccc(OC)c2)C[C@@H]1c1ccccc1)C(=O)c1ccco1. The first-order valence-electron chi connectivity index (χ1n) is 11.0. The van der Waals surface area contributed by atoms with Crippen molar-refractivity contribution in [2.45, 2.75) is 12.5 Å². The fourth-order valence-electron chi connectivity index (χ4n) is 3.90. The fraction of sp³-hybridized carbons (Fsp3) is 0.269. The van der Waals surface area contributed by atoms with E-state index in [-0.39, 0.29) is 36.7 Å². The number of hydrazone groups is 1. The van der Waals surface area contributed by atoms with Gasteiger partial charge in [-0.25, -0.2) is 5.01 Å². The zero-order chi connectivity index (χ0) is 23.9. The normalized spacial score (nSPS) is 15.2. The van der Waals surface area contributed by atoms with Crippen molar-refractivity contribution in [3.8, 4) is 5.75 Å². The second-order valence-electron chi connectivity index (χ2n) is 7.84. The molecule has 0 bridgehead atoms. The van der Waals surface area contributed by atoms with Gasteiger partial charge in [-0.05, 0) is 29.8 Å². The number of methoxy groups -OCH3 is 2. The molecular formula is C26H27N3O5. The van der Waals surface area contributed by atoms with E-state index in [4.69, 9.17) is 19.0 Å². The van der Waals surface area contributed by atoms with Crippen molar-refractivity contribution in [1.82, 2.24) is 9.91 Å². The molecule has 0 saturated carbocycles. The zero-order valence-corrected chi connectivity index (χ0v) is 19.2. The van der Waals surface area contributed by atoms with E-state index in [9.17, 15) is 9.59 Å². The minimum atomic E-state index is -0.372. The maximum atomic E-state index is 13.5. The number of furan rings is 1. The quantitative estimate of drug-likeness (QED) is 0.485. The Labute approximate surface area is 198 Å². The Bertz CT molecular complexity index is 1140. The predicted octanol–water partition coefficient (Wildman–Crippen LogP) is 3.75. The summed E-state index contributed by atoms with van der Waals surface area (Å²) in [4.78, 5) is 27.9. The van der Waals surface area contributed by atoms with Gasteiger partial charge < -0.3 is 18.8 Å². The number of amides is 2. The summed E-state index contributed by atoms with van der Waals surface area (Å²) in [5.41, 5.74) is 2.64. The third kappa shape index (κ3) is 5.18. The van der Waals surface area contributed by atoms with Gasteiger partial charge in [0.25, 0.3) is 11.8 Å². The molecule has 0 saturated heterocycles. The van der Waals surface area contributed by atoms with E-state index in [0.29, 0.717) is 13.0 Å². The molecule has 3 aromatic rings. The molecule has 8 nitrogen and oxygen atoms in total. The van der Waals surface area contributed by atoms with Gasteiger partial charge in [-0.3, -0.25) is 9.59 Å². The summed E-state index contributed by atoms with van der Waals surface area (Å²) in [5, 5.41) is 6.18. The second kappa shape index (κ2) is 10.8. The number of benzene rings is 2. The molecule has 8 heteroatoms. The Hall–Kier alpha value is -3.91. The van der Waals surface area contributed by atoms with Crippen LogP contribution in [0.2, 0.25) is 0 Å². The molecule has 0 unspecified atom stereocenters. The smallest absolute Gasteiger partial charge is 0.290 e. The number of ether oxygens (including phenoxy) is 2. The van der Waals surface area contributed by atoms with Crippen LogP contribution in [0.3, 0.4) is 0 Å². The van der Waals surface area contributed by atoms with Crippen LogP contribution >= 0.6 is 0 Å². The molecule has 34 heavy (non-hydrogen) atoms. The standard InChI is InChI=1S/C26H27N3O5/c1-32-15-13-28(26(31)24-12-7-14-34-24)18-25(30)29-23(19-8-4-3-5-9-19)17-22(27-29)20-10-6-11-21(16-20)33-2/h3-12,14,16,23H,13,15,17-18H2,1-2H3/t23-/m1/s1. The molecule has 0 N–H and O–H groups in total. The summed E-state index contributed by atoms with van der Waals surface area (Å²) >= 11 is 0. The Morgan fingerprint density at radius 3 is 2.62 bits per heavy atom. The summed E-state index contributed by atoms with van der Waals surface area (Å²) in [5.74, 6) is 0.229. The highest BCUT2D eigenvalue weighted by molar-refractivity contribution is 6.04. The molecule has 1 aliphatic heterocycles. The molecular weight excluding hydrogens is 434 g/mol. The lowest BCUT2D eigenvalue weighted by atomic mass is 9.98. The number of carbonyl (C=O) groups excluding carboxylic acids is 2. The lowest BCUT2D eigenvalue weighted by molar-refractivity contribution is -0.133. The molecule has 0 fully saturated rings. The van der Waals surface area contributed by atoms with Crippen molar-refractivity contribution in [3.05, 3.63) is 89.9 Å². The van der Waals surface area contributed by atoms with Crippen LogP contribution in [0.15, 0.2) is 82.5 Å². The number of hydrogen-bond acceptors (Lipinski definition) is 6. The fourth-order valence-corrected chi connectivity index (χ4v) is 3.90. The van der Waals surface area contributed by atoms with Gasteiger partial charge in [-0.15, -0.1) is 0 Å². The number of rotatable bonds is 9. The third-order valence-electron chi connectivity index (χ3n) is 5.66. The van der Waals surface area contributed by atoms with Gasteiger partial charge in [0.15, 0.2) is 5.76 Å². The molecule has 2 amide bonds. The highest BCUT2D eigenvalue weighted by Crippen LogP contribution is 2.33. The Morgan fingerprint density at radius 2 is 1.91 bits per heavy atom. The van der Waals surface area contributed by atoms with Crippen molar-refractivity contribution < 1.29 is 23.5 Å². The first-order valence-corrected chi connectivity index (χ1v) is 11.0. The maximum Gasteiger partial charge on any atom is 0.290 e. The van der Waals surface area contributed by atoms with Crippen LogP contribution in [0.5, 0.6) is 5.75 Å². The van der Waals surface area contributed by atoms with Crippen LogP contribution in [0.25, 0.3) is 0 Å². The van der Waals surface area contributed by atoms with Gasteiger partial charge >= 0.3 is 0 Å². The maximum absolute atomic E-state index is 13.5. The molecule has 0 radical (unpaired) electrons. The van der Waals surface area contributed by atoms with Crippen LogP contribution in [0.4, 0.5) is 0 Å². The minimum absolute atomic E-state index is 0.152. The van der Waals surface area contributed by atoms with Crippen LogP contribution in [-0.4, -0.2) is 61.4 Å². The average Bonchev–Trinajstić information content (AvgIpc) is 3.57. The summed E-state index contributed by atoms with van der Waals surface area (Å²) < 4.78 is 15.8. The van der Waals surface area contributed by atoms with Gasteiger partial charge in [0.1, 0.15) is 12.3 Å². The van der Waals surface area contributed by atoms with Gasteiger partial charge in [-0.2, -0.15) is 5.10 Å². The van der Waals surface area contributed by atoms with E-state index in [2.05, 4.69) is 0 Å². The lowest BCUT2D eigenvalue weighted by Crippen LogP contribution is -2.42. The van der Waals surface area contributed by atoms with Crippen molar-refractivity contribution in [1.29, 1.82) is 0 Å². The van der Waals surface area contributed by atoms with Gasteiger partial charge in [0.05, 0.1) is 31.7 Å². The van der Waals surface area contributed by atoms with Crippen LogP contribution in [-0.2, 0) is 9.53 Å². The molecule has 1 aliphatic rings. The van der Waals surface area contributed by atoms with Crippen molar-refractivity contribution in [3.63, 3.8) is 0 Å². The first-order chi connectivity index (χ1) is 16.6. The average molecular weight is 462 g/mol.